The molecule has 0 spiro atoms. The molecule has 0 bridgehead atoms. The number of hydrogen-bond donors (Lipinski definition) is 3. The van der Waals surface area contributed by atoms with Gasteiger partial charge in [-0.2, -0.15) is 0 Å². The van der Waals surface area contributed by atoms with E-state index in [1.54, 1.807) is 36.8 Å². The summed E-state index contributed by atoms with van der Waals surface area (Å²) in [6.07, 6.45) is 4.87. The number of rotatable bonds is 4. The molecule has 2 heterocycles. The largest absolute Gasteiger partial charge is 0.325 e. The molecule has 0 aliphatic rings. The standard InChI is InChI=1S/C14H15N5O/c1-9(20)19-11-7-12(14(16-2)18-8-11)13(15)10-3-5-17-6-4-10/h3-8,15H,1-2H3,(H,16,18)(H,19,20)/p+1. The zero-order valence-electron chi connectivity index (χ0n) is 11.3. The monoisotopic (exact) mass is 270 g/mol. The Morgan fingerprint density at radius 2 is 2.05 bits per heavy atom. The highest BCUT2D eigenvalue weighted by molar-refractivity contribution is 6.13. The summed E-state index contributed by atoms with van der Waals surface area (Å²) in [7, 11) is 1.86. The van der Waals surface area contributed by atoms with Crippen molar-refractivity contribution in [1.82, 2.24) is 9.97 Å². The molecule has 0 aromatic carbocycles. The number of nitrogens with one attached hydrogen (secondary N) is 2. The number of carbonyl (C=O) groups excluding carboxylic acids is 1. The molecule has 20 heavy (non-hydrogen) atoms. The minimum atomic E-state index is -0.165. The van der Waals surface area contributed by atoms with Crippen molar-refractivity contribution in [2.75, 3.05) is 12.4 Å². The molecular weight excluding hydrogens is 254 g/mol. The van der Waals surface area contributed by atoms with Crippen LogP contribution in [0, 0.1) is 5.41 Å². The topological polar surface area (TPSA) is 95.3 Å². The van der Waals surface area contributed by atoms with Crippen LogP contribution in [0.5, 0.6) is 0 Å². The molecule has 0 unspecified atom stereocenters. The second-order valence-corrected chi connectivity index (χ2v) is 4.24. The van der Waals surface area contributed by atoms with E-state index < -0.39 is 0 Å². The smallest absolute Gasteiger partial charge is 0.233 e. The molecule has 6 nitrogen and oxygen atoms in total. The highest BCUT2D eigenvalue weighted by atomic mass is 16.1. The minimum absolute atomic E-state index is 0.165. The molecule has 1 amide bonds. The number of carbonyl (C=O) groups is 1. The van der Waals surface area contributed by atoms with Crippen LogP contribution in [-0.4, -0.2) is 28.6 Å². The predicted octanol–water partition coefficient (Wildman–Crippen LogP) is 0.676. The number of amides is 1. The fraction of sp³-hybridized carbons (Fsp3) is 0.143. The Balaban J connectivity index is 2.43. The van der Waals surface area contributed by atoms with Crippen LogP contribution in [-0.2, 0) is 4.79 Å². The minimum Gasteiger partial charge on any atom is -0.325 e. The first-order chi connectivity index (χ1) is 9.61. The molecule has 0 aliphatic heterocycles. The van der Waals surface area contributed by atoms with Crippen molar-refractivity contribution < 1.29 is 10.1 Å². The average Bonchev–Trinajstić information content (AvgIpc) is 2.46. The van der Waals surface area contributed by atoms with Crippen molar-refractivity contribution in [2.24, 2.45) is 0 Å². The van der Waals surface area contributed by atoms with E-state index in [0.717, 1.165) is 5.56 Å². The molecule has 4 N–H and O–H groups in total. The van der Waals surface area contributed by atoms with Crippen molar-refractivity contribution in [2.45, 2.75) is 6.92 Å². The molecule has 2 rings (SSSR count). The van der Waals surface area contributed by atoms with Crippen molar-refractivity contribution in [1.29, 1.82) is 5.41 Å². The Bertz CT molecular complexity index is 639. The highest BCUT2D eigenvalue weighted by Gasteiger charge is 2.15. The van der Waals surface area contributed by atoms with Crippen molar-refractivity contribution >= 4 is 23.1 Å². The molecule has 0 saturated carbocycles. The van der Waals surface area contributed by atoms with Gasteiger partial charge in [0.2, 0.25) is 11.7 Å². The molecule has 2 aromatic rings. The molecule has 0 atom stereocenters. The molecule has 102 valence electrons. The second-order valence-electron chi connectivity index (χ2n) is 4.24. The zero-order valence-corrected chi connectivity index (χ0v) is 11.3. The van der Waals surface area contributed by atoms with Gasteiger partial charge in [0.1, 0.15) is 0 Å². The number of aromatic nitrogens is 2. The highest BCUT2D eigenvalue weighted by Crippen LogP contribution is 2.18. The van der Waals surface area contributed by atoms with Gasteiger partial charge in [-0.15, -0.1) is 0 Å². The number of anilines is 1. The first-order valence-electron chi connectivity index (χ1n) is 6.18. The van der Waals surface area contributed by atoms with Crippen LogP contribution in [0.2, 0.25) is 0 Å². The normalized spacial score (nSPS) is 10.1. The summed E-state index contributed by atoms with van der Waals surface area (Å²) in [4.78, 5) is 19.3. The summed E-state index contributed by atoms with van der Waals surface area (Å²) in [5.74, 6) is 0.544. The van der Waals surface area contributed by atoms with E-state index in [1.807, 2.05) is 12.4 Å². The summed E-state index contributed by atoms with van der Waals surface area (Å²) in [5, 5.41) is 12.8. The van der Waals surface area contributed by atoms with Crippen molar-refractivity contribution in [3.63, 3.8) is 0 Å². The van der Waals surface area contributed by atoms with Gasteiger partial charge in [0.25, 0.3) is 0 Å². The van der Waals surface area contributed by atoms with E-state index in [2.05, 4.69) is 15.3 Å². The molecule has 0 fully saturated rings. The number of nitrogens with zero attached hydrogens (tertiary/aromatic N) is 2. The second kappa shape index (κ2) is 6.03. The summed E-state index contributed by atoms with van der Waals surface area (Å²) >= 11 is 0. The van der Waals surface area contributed by atoms with Crippen LogP contribution in [0.4, 0.5) is 11.5 Å². The Hall–Kier alpha value is -2.60. The zero-order chi connectivity index (χ0) is 14.5. The van der Waals surface area contributed by atoms with Crippen LogP contribution in [0.15, 0.2) is 36.8 Å². The van der Waals surface area contributed by atoms with Gasteiger partial charge in [0, 0.05) is 24.9 Å². The van der Waals surface area contributed by atoms with E-state index in [4.69, 9.17) is 5.41 Å². The lowest BCUT2D eigenvalue weighted by Gasteiger charge is -2.09. The first-order valence-corrected chi connectivity index (χ1v) is 6.18. The quantitative estimate of drug-likeness (QED) is 0.713. The lowest BCUT2D eigenvalue weighted by molar-refractivity contribution is -0.543. The molecule has 0 saturated heterocycles. The maximum absolute atomic E-state index is 11.1. The lowest BCUT2D eigenvalue weighted by atomic mass is 10.0. The van der Waals surface area contributed by atoms with Crippen LogP contribution in [0.3, 0.4) is 0 Å². The van der Waals surface area contributed by atoms with Crippen LogP contribution in [0.1, 0.15) is 18.1 Å². The van der Waals surface area contributed by atoms with Crippen LogP contribution < -0.4 is 10.6 Å². The van der Waals surface area contributed by atoms with E-state index in [0.29, 0.717) is 22.8 Å². The molecule has 0 aliphatic carbocycles. The summed E-state index contributed by atoms with van der Waals surface area (Å²) in [6, 6.07) is 5.30. The van der Waals surface area contributed by atoms with Gasteiger partial charge in [-0.25, -0.2) is 4.98 Å². The number of hydrogen-bond acceptors (Lipinski definition) is 4. The van der Waals surface area contributed by atoms with Gasteiger partial charge in [0.05, 0.1) is 30.2 Å². The summed E-state index contributed by atoms with van der Waals surface area (Å²) in [5.41, 5.74) is 2.35. The third kappa shape index (κ3) is 3.04. The van der Waals surface area contributed by atoms with Gasteiger partial charge in [-0.1, -0.05) is 0 Å². The predicted molar refractivity (Wildman–Crippen MR) is 76.2 cm³/mol. The molecular formula is C14H16N5O+. The van der Waals surface area contributed by atoms with E-state index >= 15 is 0 Å². The van der Waals surface area contributed by atoms with E-state index in [-0.39, 0.29) is 5.91 Å². The van der Waals surface area contributed by atoms with Crippen molar-refractivity contribution in [3.05, 3.63) is 47.9 Å². The summed E-state index contributed by atoms with van der Waals surface area (Å²) in [6.45, 7) is 1.44. The number of quaternary nitrogens is 1. The van der Waals surface area contributed by atoms with Gasteiger partial charge in [-0.05, 0) is 18.2 Å². The first kappa shape index (κ1) is 13.8. The third-order valence-electron chi connectivity index (χ3n) is 2.75. The maximum atomic E-state index is 11.1. The molecule has 6 heteroatoms. The number of pyridine rings is 2. The fourth-order valence-corrected chi connectivity index (χ4v) is 1.85. The Morgan fingerprint density at radius 3 is 2.65 bits per heavy atom. The average molecular weight is 270 g/mol. The van der Waals surface area contributed by atoms with E-state index in [1.165, 1.54) is 6.92 Å². The van der Waals surface area contributed by atoms with E-state index in [9.17, 15) is 4.79 Å². The van der Waals surface area contributed by atoms with Crippen LogP contribution >= 0.6 is 0 Å². The van der Waals surface area contributed by atoms with Gasteiger partial charge in [-0.3, -0.25) is 20.5 Å². The SMILES string of the molecule is C[NH2+]c1ncc(NC(C)=O)cc1C(=N)c1ccncc1. The molecule has 0 radical (unpaired) electrons. The van der Waals surface area contributed by atoms with Gasteiger partial charge < -0.3 is 5.32 Å². The van der Waals surface area contributed by atoms with Gasteiger partial charge >= 0.3 is 0 Å². The van der Waals surface area contributed by atoms with Gasteiger partial charge in [0.15, 0.2) is 0 Å². The van der Waals surface area contributed by atoms with Crippen LogP contribution in [0.25, 0.3) is 0 Å². The Labute approximate surface area is 116 Å². The Morgan fingerprint density at radius 1 is 1.35 bits per heavy atom. The lowest BCUT2D eigenvalue weighted by Crippen LogP contribution is -2.74. The van der Waals surface area contributed by atoms with Crippen molar-refractivity contribution in [3.8, 4) is 0 Å². The summed E-state index contributed by atoms with van der Waals surface area (Å²) < 4.78 is 0. The fourth-order valence-electron chi connectivity index (χ4n) is 1.85. The Kier molecular flexibility index (Phi) is 4.17. The third-order valence-corrected chi connectivity index (χ3v) is 2.75. The molecule has 2 aromatic heterocycles. The number of nitrogens with two attached hydrogens (primary N) is 1. The maximum Gasteiger partial charge on any atom is 0.233 e.